The zero-order chi connectivity index (χ0) is 59.0. The molecule has 2 heterocycles. The highest BCUT2D eigenvalue weighted by Crippen LogP contribution is 2.45. The van der Waals surface area contributed by atoms with Crippen LogP contribution in [-0.2, 0) is 28.7 Å². The summed E-state index contributed by atoms with van der Waals surface area (Å²) < 4.78 is 7.34. The van der Waals surface area contributed by atoms with Crippen molar-refractivity contribution in [3.05, 3.63) is 154 Å². The molecule has 21 heteroatoms. The number of rotatable bonds is 24. The molecule has 3 aliphatic rings. The Hall–Kier alpha value is -6.56. The average Bonchev–Trinajstić information content (AvgIpc) is 4.02. The Morgan fingerprint density at radius 3 is 1.48 bits per heavy atom. The molecule has 0 atom stereocenters. The second-order valence-electron chi connectivity index (χ2n) is 21.1. The molecule has 0 saturated carbocycles. The summed E-state index contributed by atoms with van der Waals surface area (Å²) in [5.74, 6) is -1.79. The molecule has 0 aromatic heterocycles. The van der Waals surface area contributed by atoms with Crippen LogP contribution in [0.15, 0.2) is 162 Å². The fourth-order valence-electron chi connectivity index (χ4n) is 10.2. The van der Waals surface area contributed by atoms with Gasteiger partial charge in [0.05, 0.1) is 11.4 Å². The number of nitrogens with zero attached hydrogens (tertiary/aromatic N) is 5. The Bertz CT molecular complexity index is 3130. The van der Waals surface area contributed by atoms with Gasteiger partial charge in [-0.25, -0.2) is 4.79 Å². The van der Waals surface area contributed by atoms with E-state index >= 15 is 0 Å². The third kappa shape index (κ3) is 18.2. The van der Waals surface area contributed by atoms with Gasteiger partial charge in [-0.1, -0.05) is 116 Å². The molecule has 0 radical (unpaired) electrons. The van der Waals surface area contributed by atoms with E-state index in [4.69, 9.17) is 4.74 Å². The summed E-state index contributed by atoms with van der Waals surface area (Å²) in [7, 11) is 4.21. The molecular weight excluding hydrogens is 1230 g/mol. The molecule has 1 aliphatic carbocycles. The highest BCUT2D eigenvalue weighted by Gasteiger charge is 2.29. The van der Waals surface area contributed by atoms with E-state index in [0.29, 0.717) is 48.7 Å². The predicted octanol–water partition coefficient (Wildman–Crippen LogP) is 10.4. The molecule has 0 unspecified atom stereocenters. The van der Waals surface area contributed by atoms with Gasteiger partial charge in [0.1, 0.15) is 19.7 Å². The first-order valence-corrected chi connectivity index (χ1v) is 31.4. The summed E-state index contributed by atoms with van der Waals surface area (Å²) in [5.41, 5.74) is 6.68. The summed E-state index contributed by atoms with van der Waals surface area (Å²) in [5, 5.41) is 14.8. The Labute approximate surface area is 516 Å². The minimum atomic E-state index is -0.614. The van der Waals surface area contributed by atoms with Gasteiger partial charge in [-0.3, -0.25) is 24.0 Å². The van der Waals surface area contributed by atoms with Crippen molar-refractivity contribution in [2.45, 2.75) is 51.2 Å². The van der Waals surface area contributed by atoms with Crippen LogP contribution in [0.5, 0.6) is 0 Å². The molecule has 84 heavy (non-hydrogen) atoms. The maximum atomic E-state index is 14.1. The van der Waals surface area contributed by atoms with E-state index in [1.54, 1.807) is 12.1 Å². The van der Waals surface area contributed by atoms with Crippen LogP contribution >= 0.6 is 55.4 Å². The van der Waals surface area contributed by atoms with Crippen molar-refractivity contribution < 1.29 is 33.5 Å². The maximum absolute atomic E-state index is 14.1. The van der Waals surface area contributed by atoms with Crippen molar-refractivity contribution in [3.63, 3.8) is 0 Å². The Kier molecular flexibility index (Phi) is 22.5. The first kappa shape index (κ1) is 62.0. The number of piperazine rings is 2. The smallest absolute Gasteiger partial charge is 0.407 e. The van der Waals surface area contributed by atoms with Crippen LogP contribution in [0.25, 0.3) is 11.1 Å². The topological polar surface area (TPSA) is 188 Å². The lowest BCUT2D eigenvalue weighted by Gasteiger charge is -2.32. The zero-order valence-electron chi connectivity index (χ0n) is 47.2. The largest absolute Gasteiger partial charge is 0.449 e. The lowest BCUT2D eigenvalue weighted by molar-refractivity contribution is -0.137. The molecular formula is C63H70Br2N10O7S2. The van der Waals surface area contributed by atoms with Crippen molar-refractivity contribution in [3.8, 4) is 11.1 Å². The molecule has 2 saturated heterocycles. The Morgan fingerprint density at radius 1 is 0.536 bits per heavy atom. The van der Waals surface area contributed by atoms with Gasteiger partial charge in [-0.2, -0.15) is 0 Å². The van der Waals surface area contributed by atoms with E-state index in [2.05, 4.69) is 104 Å². The highest BCUT2D eigenvalue weighted by atomic mass is 79.9. The van der Waals surface area contributed by atoms with E-state index in [9.17, 15) is 28.8 Å². The van der Waals surface area contributed by atoms with Crippen LogP contribution in [0.4, 0.5) is 27.5 Å². The molecule has 6 aromatic carbocycles. The van der Waals surface area contributed by atoms with Crippen LogP contribution < -0.4 is 26.6 Å². The van der Waals surface area contributed by atoms with Crippen LogP contribution in [0.3, 0.4) is 0 Å². The van der Waals surface area contributed by atoms with Gasteiger partial charge in [0.2, 0.25) is 29.5 Å². The highest BCUT2D eigenvalue weighted by molar-refractivity contribution is 9.10. The predicted molar refractivity (Wildman–Crippen MR) is 340 cm³/mol. The van der Waals surface area contributed by atoms with Gasteiger partial charge in [-0.15, -0.1) is 0 Å². The van der Waals surface area contributed by atoms with Gasteiger partial charge < -0.3 is 55.8 Å². The SMILES string of the molecule is CN1CCN(CCC(=O)Nc2cc(Br)ccc2Sc2cccc(NC(=O)CN(CC(=O)Nc3cccc(Sc4ccc(Br)cc4NC(=O)CCN4CCN(C)CC4)c3)C(=O)CCCNC(=O)OCC3c4ccccc4-c4ccccc43)c2)CC1. The summed E-state index contributed by atoms with van der Waals surface area (Å²) in [6.07, 6.45) is 0.249. The molecule has 5 N–H and O–H groups in total. The van der Waals surface area contributed by atoms with Crippen molar-refractivity contribution in [2.75, 3.05) is 127 Å². The summed E-state index contributed by atoms with van der Waals surface area (Å²) >= 11 is 9.96. The average molecular weight is 1300 g/mol. The quantitative estimate of drug-likeness (QED) is 0.0361. The van der Waals surface area contributed by atoms with Gasteiger partial charge in [0.25, 0.3) is 0 Å². The maximum Gasteiger partial charge on any atom is 0.407 e. The zero-order valence-corrected chi connectivity index (χ0v) is 52.0. The summed E-state index contributed by atoms with van der Waals surface area (Å²) in [6, 6.07) is 42.1. The van der Waals surface area contributed by atoms with Gasteiger partial charge in [0.15, 0.2) is 0 Å². The van der Waals surface area contributed by atoms with E-state index < -0.39 is 36.9 Å². The number of halogens is 2. The number of hydrogen-bond acceptors (Lipinski definition) is 13. The molecule has 17 nitrogen and oxygen atoms in total. The van der Waals surface area contributed by atoms with Crippen LogP contribution in [0.1, 0.15) is 42.7 Å². The lowest BCUT2D eigenvalue weighted by atomic mass is 9.98. The van der Waals surface area contributed by atoms with Gasteiger partial charge in [0, 0.05) is 137 Å². The molecule has 9 rings (SSSR count). The number of fused-ring (bicyclic) bond motifs is 3. The van der Waals surface area contributed by atoms with Crippen LogP contribution in [0.2, 0.25) is 0 Å². The first-order chi connectivity index (χ1) is 40.7. The number of hydrogen-bond donors (Lipinski definition) is 5. The number of anilines is 4. The Balaban J connectivity index is 0.819. The third-order valence-corrected chi connectivity index (χ3v) is 17.9. The monoisotopic (exact) mass is 1300 g/mol. The van der Waals surface area contributed by atoms with E-state index in [1.807, 2.05) is 109 Å². The number of benzene rings is 6. The molecule has 6 amide bonds. The fraction of sp³-hybridized carbons (Fsp3) is 0.333. The van der Waals surface area contributed by atoms with Crippen molar-refractivity contribution in [1.82, 2.24) is 29.8 Å². The van der Waals surface area contributed by atoms with E-state index in [1.165, 1.54) is 28.4 Å². The summed E-state index contributed by atoms with van der Waals surface area (Å²) in [6.45, 7) is 8.34. The number of carbonyl (C=O) groups excluding carboxylic acids is 6. The Morgan fingerprint density at radius 2 is 1.00 bits per heavy atom. The minimum absolute atomic E-state index is 0.0771. The van der Waals surface area contributed by atoms with Crippen molar-refractivity contribution in [2.24, 2.45) is 0 Å². The lowest BCUT2D eigenvalue weighted by Crippen LogP contribution is -2.45. The molecule has 6 aromatic rings. The number of alkyl carbamates (subject to hydrolysis) is 1. The number of carbonyl (C=O) groups is 6. The molecule has 440 valence electrons. The first-order valence-electron chi connectivity index (χ1n) is 28.2. The number of likely N-dealkylation sites (N-methyl/N-ethyl adjacent to an activating group) is 2. The third-order valence-electron chi connectivity index (χ3n) is 14.8. The van der Waals surface area contributed by atoms with E-state index in [0.717, 1.165) is 103 Å². The fourth-order valence-corrected chi connectivity index (χ4v) is 12.8. The molecule has 0 spiro atoms. The summed E-state index contributed by atoms with van der Waals surface area (Å²) in [4.78, 5) is 95.0. The van der Waals surface area contributed by atoms with Crippen molar-refractivity contribution >= 4 is 114 Å². The second kappa shape index (κ2) is 30.5. The van der Waals surface area contributed by atoms with E-state index in [-0.39, 0.29) is 43.7 Å². The standard InChI is InChI=1S/C63H70Br2N10O7S2/c1-71-28-32-73(33-29-71)26-23-58(76)69-54-36-43(64)19-21-56(54)83-47-12-7-10-45(38-47)67-60(78)40-75(62(80)18-9-25-66-63(81)82-42-53-51-16-5-3-14-49(51)50-15-4-6-17-52(50)53)41-61(79)68-46-11-8-13-48(39-46)84-57-22-20-44(65)37-55(57)70-59(77)24-27-74-34-30-72(2)31-35-74/h3-8,10-17,19-22,36-39,53H,9,18,23-35,40-42H2,1-2H3,(H,66,81)(H,67,78)(H,68,79)(H,69,76)(H,70,77). The number of amides is 6. The van der Waals surface area contributed by atoms with Crippen molar-refractivity contribution in [1.29, 1.82) is 0 Å². The second-order valence-corrected chi connectivity index (χ2v) is 25.2. The van der Waals surface area contributed by atoms with Gasteiger partial charge >= 0.3 is 6.09 Å². The van der Waals surface area contributed by atoms with Crippen LogP contribution in [-0.4, -0.2) is 166 Å². The van der Waals surface area contributed by atoms with Gasteiger partial charge in [-0.05, 0) is 116 Å². The number of nitrogens with one attached hydrogen (secondary N) is 5. The molecule has 0 bridgehead atoms. The number of ether oxygens (including phenoxy) is 1. The normalized spacial score (nSPS) is 14.7. The van der Waals surface area contributed by atoms with Crippen LogP contribution in [0, 0.1) is 0 Å². The molecule has 2 fully saturated rings. The minimum Gasteiger partial charge on any atom is -0.449 e. The molecule has 2 aliphatic heterocycles.